The Morgan fingerprint density at radius 2 is 1.94 bits per heavy atom. The molecule has 5 heteroatoms. The first-order valence-electron chi connectivity index (χ1n) is 6.01. The van der Waals surface area contributed by atoms with Gasteiger partial charge in [0.15, 0.2) is 0 Å². The molecular weight excluding hydrogens is 220 g/mol. The highest BCUT2D eigenvalue weighted by atomic mass is 16.6. The van der Waals surface area contributed by atoms with Gasteiger partial charge in [0.25, 0.3) is 0 Å². The van der Waals surface area contributed by atoms with Crippen LogP contribution >= 0.6 is 0 Å². The zero-order chi connectivity index (χ0) is 13.3. The number of aliphatic hydroxyl groups is 1. The molecule has 1 amide bonds. The van der Waals surface area contributed by atoms with E-state index in [2.05, 4.69) is 0 Å². The third-order valence-electron chi connectivity index (χ3n) is 3.35. The summed E-state index contributed by atoms with van der Waals surface area (Å²) in [5.41, 5.74) is 4.90. The van der Waals surface area contributed by atoms with Crippen molar-refractivity contribution < 1.29 is 14.6 Å². The number of carbonyl (C=O) groups is 1. The van der Waals surface area contributed by atoms with Crippen molar-refractivity contribution in [2.45, 2.75) is 33.3 Å². The summed E-state index contributed by atoms with van der Waals surface area (Å²) in [6.45, 7) is 9.20. The van der Waals surface area contributed by atoms with Crippen LogP contribution in [0, 0.1) is 11.3 Å². The number of ether oxygens (including phenoxy) is 1. The minimum atomic E-state index is -0.462. The standard InChI is InChI=1S/C12H24N2O3/c1-11(2,3)17-10(16)14-5-9(6-14)12(4,7-13)8-15/h9,15H,5-8,13H2,1-4H3. The Kier molecular flexibility index (Phi) is 4.04. The molecule has 0 aromatic heterocycles. The second kappa shape index (κ2) is 4.82. The average molecular weight is 244 g/mol. The van der Waals surface area contributed by atoms with E-state index >= 15 is 0 Å². The molecule has 3 N–H and O–H groups in total. The highest BCUT2D eigenvalue weighted by molar-refractivity contribution is 5.69. The molecule has 1 rings (SSSR count). The fourth-order valence-electron chi connectivity index (χ4n) is 1.76. The fourth-order valence-corrected chi connectivity index (χ4v) is 1.76. The number of hydrogen-bond acceptors (Lipinski definition) is 4. The van der Waals surface area contributed by atoms with Gasteiger partial charge in [0, 0.05) is 31.0 Å². The molecule has 1 heterocycles. The van der Waals surface area contributed by atoms with Crippen molar-refractivity contribution in [1.29, 1.82) is 0 Å². The fraction of sp³-hybridized carbons (Fsp3) is 0.917. The molecule has 0 aromatic rings. The minimum absolute atomic E-state index is 0.0519. The van der Waals surface area contributed by atoms with Crippen molar-refractivity contribution in [3.8, 4) is 0 Å². The van der Waals surface area contributed by atoms with Gasteiger partial charge in [-0.25, -0.2) is 4.79 Å². The third kappa shape index (κ3) is 3.33. The Balaban J connectivity index is 2.44. The highest BCUT2D eigenvalue weighted by Crippen LogP contribution is 2.34. The summed E-state index contributed by atoms with van der Waals surface area (Å²) < 4.78 is 5.26. The Labute approximate surface area is 103 Å². The molecule has 1 atom stereocenters. The Morgan fingerprint density at radius 1 is 1.41 bits per heavy atom. The van der Waals surface area contributed by atoms with Crippen molar-refractivity contribution in [3.05, 3.63) is 0 Å². The number of carbonyl (C=O) groups excluding carboxylic acids is 1. The first-order valence-corrected chi connectivity index (χ1v) is 6.01. The Bertz CT molecular complexity index is 276. The van der Waals surface area contributed by atoms with Gasteiger partial charge in [-0.05, 0) is 20.8 Å². The molecule has 17 heavy (non-hydrogen) atoms. The number of likely N-dealkylation sites (tertiary alicyclic amines) is 1. The second-order valence-electron chi connectivity index (χ2n) is 6.10. The van der Waals surface area contributed by atoms with Crippen LogP contribution in [-0.4, -0.2) is 47.9 Å². The van der Waals surface area contributed by atoms with Crippen molar-refractivity contribution in [2.24, 2.45) is 17.1 Å². The summed E-state index contributed by atoms with van der Waals surface area (Å²) in [6.07, 6.45) is -0.286. The molecule has 1 aliphatic heterocycles. The van der Waals surface area contributed by atoms with Crippen LogP contribution in [0.25, 0.3) is 0 Å². The monoisotopic (exact) mass is 244 g/mol. The van der Waals surface area contributed by atoms with Gasteiger partial charge >= 0.3 is 6.09 Å². The van der Waals surface area contributed by atoms with Gasteiger partial charge in [-0.1, -0.05) is 6.92 Å². The number of nitrogens with two attached hydrogens (primary N) is 1. The predicted molar refractivity (Wildman–Crippen MR) is 65.5 cm³/mol. The average Bonchev–Trinajstić information content (AvgIpc) is 2.12. The third-order valence-corrected chi connectivity index (χ3v) is 3.35. The molecule has 1 unspecified atom stereocenters. The molecular formula is C12H24N2O3. The van der Waals surface area contributed by atoms with Crippen LogP contribution in [0.2, 0.25) is 0 Å². The van der Waals surface area contributed by atoms with Crippen molar-refractivity contribution >= 4 is 6.09 Å². The quantitative estimate of drug-likeness (QED) is 0.770. The van der Waals surface area contributed by atoms with Crippen LogP contribution in [0.5, 0.6) is 0 Å². The van der Waals surface area contributed by atoms with Gasteiger partial charge in [0.2, 0.25) is 0 Å². The van der Waals surface area contributed by atoms with E-state index in [0.29, 0.717) is 19.6 Å². The minimum Gasteiger partial charge on any atom is -0.444 e. The number of rotatable bonds is 3. The van der Waals surface area contributed by atoms with Gasteiger partial charge in [-0.15, -0.1) is 0 Å². The number of hydrogen-bond donors (Lipinski definition) is 2. The lowest BCUT2D eigenvalue weighted by Crippen LogP contribution is -2.59. The van der Waals surface area contributed by atoms with Crippen LogP contribution in [0.4, 0.5) is 4.79 Å². The zero-order valence-corrected chi connectivity index (χ0v) is 11.2. The topological polar surface area (TPSA) is 75.8 Å². The first kappa shape index (κ1) is 14.3. The molecule has 0 spiro atoms. The molecule has 5 nitrogen and oxygen atoms in total. The summed E-state index contributed by atoms with van der Waals surface area (Å²) in [5, 5.41) is 9.32. The molecule has 1 fully saturated rings. The lowest BCUT2D eigenvalue weighted by Gasteiger charge is -2.47. The lowest BCUT2D eigenvalue weighted by molar-refractivity contribution is -0.0405. The summed E-state index contributed by atoms with van der Waals surface area (Å²) >= 11 is 0. The first-order chi connectivity index (χ1) is 7.72. The van der Waals surface area contributed by atoms with Crippen LogP contribution in [0.1, 0.15) is 27.7 Å². The zero-order valence-electron chi connectivity index (χ0n) is 11.2. The SMILES string of the molecule is CC(C)(C)OC(=O)N1CC(C(C)(CN)CO)C1. The molecule has 1 saturated heterocycles. The largest absolute Gasteiger partial charge is 0.444 e. The molecule has 0 aliphatic carbocycles. The summed E-state index contributed by atoms with van der Waals surface area (Å²) in [5.74, 6) is 0.255. The van der Waals surface area contributed by atoms with Crippen molar-refractivity contribution in [2.75, 3.05) is 26.2 Å². The summed E-state index contributed by atoms with van der Waals surface area (Å²) in [7, 11) is 0. The van der Waals surface area contributed by atoms with Gasteiger partial charge in [-0.2, -0.15) is 0 Å². The van der Waals surface area contributed by atoms with Crippen LogP contribution in [0.3, 0.4) is 0 Å². The van der Waals surface area contributed by atoms with Crippen LogP contribution in [0.15, 0.2) is 0 Å². The lowest BCUT2D eigenvalue weighted by atomic mass is 9.73. The van der Waals surface area contributed by atoms with Gasteiger partial charge in [0.1, 0.15) is 5.60 Å². The highest BCUT2D eigenvalue weighted by Gasteiger charge is 2.43. The predicted octanol–water partition coefficient (Wildman–Crippen LogP) is 0.811. The van der Waals surface area contributed by atoms with E-state index in [1.807, 2.05) is 27.7 Å². The van der Waals surface area contributed by atoms with E-state index in [1.54, 1.807) is 4.90 Å². The van der Waals surface area contributed by atoms with Crippen molar-refractivity contribution in [3.63, 3.8) is 0 Å². The van der Waals surface area contributed by atoms with E-state index in [9.17, 15) is 9.90 Å². The molecule has 0 bridgehead atoms. The van der Waals surface area contributed by atoms with E-state index < -0.39 is 5.60 Å². The van der Waals surface area contributed by atoms with E-state index in [4.69, 9.17) is 10.5 Å². The van der Waals surface area contributed by atoms with Gasteiger partial charge < -0.3 is 20.5 Å². The maximum absolute atomic E-state index is 11.7. The molecule has 0 aromatic carbocycles. The van der Waals surface area contributed by atoms with E-state index in [0.717, 1.165) is 0 Å². The van der Waals surface area contributed by atoms with Crippen LogP contribution < -0.4 is 5.73 Å². The van der Waals surface area contributed by atoms with E-state index in [-0.39, 0.29) is 24.0 Å². The number of amides is 1. The molecule has 0 saturated carbocycles. The number of nitrogens with zero attached hydrogens (tertiary/aromatic N) is 1. The number of aliphatic hydroxyl groups excluding tert-OH is 1. The van der Waals surface area contributed by atoms with Crippen molar-refractivity contribution in [1.82, 2.24) is 4.90 Å². The smallest absolute Gasteiger partial charge is 0.410 e. The molecule has 0 radical (unpaired) electrons. The molecule has 1 aliphatic rings. The van der Waals surface area contributed by atoms with E-state index in [1.165, 1.54) is 0 Å². The Hall–Kier alpha value is -0.810. The van der Waals surface area contributed by atoms with Gasteiger partial charge in [-0.3, -0.25) is 0 Å². The summed E-state index contributed by atoms with van der Waals surface area (Å²) in [4.78, 5) is 13.4. The Morgan fingerprint density at radius 3 is 2.29 bits per heavy atom. The maximum Gasteiger partial charge on any atom is 0.410 e. The maximum atomic E-state index is 11.7. The normalized spacial score (nSPS) is 20.7. The summed E-state index contributed by atoms with van der Waals surface area (Å²) in [6, 6.07) is 0. The van der Waals surface area contributed by atoms with Gasteiger partial charge in [0.05, 0.1) is 6.61 Å². The second-order valence-corrected chi connectivity index (χ2v) is 6.10. The van der Waals surface area contributed by atoms with Crippen LogP contribution in [-0.2, 0) is 4.74 Å². The molecule has 100 valence electrons.